The Morgan fingerprint density at radius 1 is 1.38 bits per heavy atom. The van der Waals surface area contributed by atoms with Crippen LogP contribution in [0.1, 0.15) is 32.6 Å². The minimum Gasteiger partial charge on any atom is -0.376 e. The van der Waals surface area contributed by atoms with Crippen LogP contribution in [0.25, 0.3) is 0 Å². The molecule has 13 heavy (non-hydrogen) atoms. The summed E-state index contributed by atoms with van der Waals surface area (Å²) in [6.07, 6.45) is 4.54. The van der Waals surface area contributed by atoms with Crippen LogP contribution in [0.15, 0.2) is 0 Å². The smallest absolute Gasteiger partial charge is 0.223 e. The first-order chi connectivity index (χ1) is 6.27. The maximum absolute atomic E-state index is 11.6. The molecule has 0 aromatic carbocycles. The SMILES string of the molecule is C[C@H]1OCC[C@H]1NC(=O)C1CCC1. The molecule has 1 heterocycles. The predicted molar refractivity (Wildman–Crippen MR) is 49.3 cm³/mol. The van der Waals surface area contributed by atoms with Gasteiger partial charge in [0, 0.05) is 12.5 Å². The molecular formula is C10H17NO2. The zero-order valence-corrected chi connectivity index (χ0v) is 8.08. The largest absolute Gasteiger partial charge is 0.376 e. The van der Waals surface area contributed by atoms with E-state index < -0.39 is 0 Å². The number of rotatable bonds is 2. The van der Waals surface area contributed by atoms with Crippen LogP contribution in [0.2, 0.25) is 0 Å². The average molecular weight is 183 g/mol. The molecule has 0 aromatic rings. The van der Waals surface area contributed by atoms with Crippen molar-refractivity contribution in [1.29, 1.82) is 0 Å². The molecule has 0 bridgehead atoms. The van der Waals surface area contributed by atoms with Crippen molar-refractivity contribution in [3.8, 4) is 0 Å². The lowest BCUT2D eigenvalue weighted by Crippen LogP contribution is -2.43. The topological polar surface area (TPSA) is 38.3 Å². The van der Waals surface area contributed by atoms with Crippen LogP contribution in [0, 0.1) is 5.92 Å². The zero-order valence-electron chi connectivity index (χ0n) is 8.08. The molecule has 1 N–H and O–H groups in total. The summed E-state index contributed by atoms with van der Waals surface area (Å²) in [4.78, 5) is 11.6. The summed E-state index contributed by atoms with van der Waals surface area (Å²) in [5.41, 5.74) is 0. The molecule has 3 heteroatoms. The molecule has 0 unspecified atom stereocenters. The highest BCUT2D eigenvalue weighted by Gasteiger charge is 2.30. The van der Waals surface area contributed by atoms with Gasteiger partial charge in [-0.3, -0.25) is 4.79 Å². The summed E-state index contributed by atoms with van der Waals surface area (Å²) in [5, 5.41) is 3.07. The summed E-state index contributed by atoms with van der Waals surface area (Å²) in [6, 6.07) is 0.258. The van der Waals surface area contributed by atoms with Crippen molar-refractivity contribution in [3.05, 3.63) is 0 Å². The second-order valence-corrected chi connectivity index (χ2v) is 4.11. The van der Waals surface area contributed by atoms with Crippen molar-refractivity contribution in [2.24, 2.45) is 5.92 Å². The first kappa shape index (κ1) is 9.00. The van der Waals surface area contributed by atoms with Gasteiger partial charge in [-0.15, -0.1) is 0 Å². The quantitative estimate of drug-likeness (QED) is 0.695. The molecule has 1 saturated carbocycles. The average Bonchev–Trinajstić information content (AvgIpc) is 2.32. The zero-order chi connectivity index (χ0) is 9.26. The molecule has 1 amide bonds. The Bertz CT molecular complexity index is 201. The highest BCUT2D eigenvalue weighted by molar-refractivity contribution is 5.79. The molecule has 2 atom stereocenters. The molecular weight excluding hydrogens is 166 g/mol. The van der Waals surface area contributed by atoms with E-state index in [4.69, 9.17) is 4.74 Å². The lowest BCUT2D eigenvalue weighted by atomic mass is 9.84. The standard InChI is InChI=1S/C10H17NO2/c1-7-9(5-6-13-7)11-10(12)8-3-2-4-8/h7-9H,2-6H2,1H3,(H,11,12)/t7-,9-/m1/s1. The molecule has 0 aromatic heterocycles. The predicted octanol–water partition coefficient (Wildman–Crippen LogP) is 1.08. The molecule has 74 valence electrons. The number of nitrogens with one attached hydrogen (secondary N) is 1. The summed E-state index contributed by atoms with van der Waals surface area (Å²) < 4.78 is 5.38. The van der Waals surface area contributed by atoms with Crippen molar-refractivity contribution >= 4 is 5.91 Å². The minimum atomic E-state index is 0.198. The molecule has 1 aliphatic carbocycles. The molecule has 2 aliphatic rings. The Kier molecular flexibility index (Phi) is 2.54. The Balaban J connectivity index is 1.79. The van der Waals surface area contributed by atoms with Gasteiger partial charge in [-0.2, -0.15) is 0 Å². The summed E-state index contributed by atoms with van der Waals surface area (Å²) >= 11 is 0. The molecule has 1 saturated heterocycles. The van der Waals surface area contributed by atoms with Crippen LogP contribution in [-0.4, -0.2) is 24.7 Å². The van der Waals surface area contributed by atoms with Gasteiger partial charge in [-0.25, -0.2) is 0 Å². The van der Waals surface area contributed by atoms with Crippen molar-refractivity contribution in [3.63, 3.8) is 0 Å². The fraction of sp³-hybridized carbons (Fsp3) is 0.900. The van der Waals surface area contributed by atoms with Crippen molar-refractivity contribution in [1.82, 2.24) is 5.32 Å². The van der Waals surface area contributed by atoms with Crippen LogP contribution in [0.5, 0.6) is 0 Å². The van der Waals surface area contributed by atoms with Gasteiger partial charge < -0.3 is 10.1 Å². The lowest BCUT2D eigenvalue weighted by molar-refractivity contribution is -0.128. The van der Waals surface area contributed by atoms with E-state index in [9.17, 15) is 4.79 Å². The van der Waals surface area contributed by atoms with Gasteiger partial charge in [-0.1, -0.05) is 6.42 Å². The molecule has 2 rings (SSSR count). The van der Waals surface area contributed by atoms with Crippen LogP contribution in [0.3, 0.4) is 0 Å². The number of ether oxygens (including phenoxy) is 1. The molecule has 2 fully saturated rings. The van der Waals surface area contributed by atoms with Crippen LogP contribution in [0.4, 0.5) is 0 Å². The fourth-order valence-electron chi connectivity index (χ4n) is 1.89. The maximum atomic E-state index is 11.6. The normalized spacial score (nSPS) is 34.2. The highest BCUT2D eigenvalue weighted by Crippen LogP contribution is 2.27. The number of carbonyl (C=O) groups excluding carboxylic acids is 1. The summed E-state index contributed by atoms with van der Waals surface area (Å²) in [5.74, 6) is 0.543. The van der Waals surface area contributed by atoms with Gasteiger partial charge in [0.05, 0.1) is 12.1 Å². The van der Waals surface area contributed by atoms with E-state index in [-0.39, 0.29) is 18.1 Å². The third-order valence-electron chi connectivity index (χ3n) is 3.18. The Labute approximate surface area is 78.8 Å². The van der Waals surface area contributed by atoms with Crippen LogP contribution >= 0.6 is 0 Å². The number of hydrogen-bond acceptors (Lipinski definition) is 2. The Morgan fingerprint density at radius 2 is 2.15 bits per heavy atom. The number of amides is 1. The summed E-state index contributed by atoms with van der Waals surface area (Å²) in [7, 11) is 0. The number of carbonyl (C=O) groups is 1. The van der Waals surface area contributed by atoms with Crippen molar-refractivity contribution in [2.45, 2.75) is 44.8 Å². The summed E-state index contributed by atoms with van der Waals surface area (Å²) in [6.45, 7) is 2.81. The fourth-order valence-corrected chi connectivity index (χ4v) is 1.89. The third-order valence-corrected chi connectivity index (χ3v) is 3.18. The highest BCUT2D eigenvalue weighted by atomic mass is 16.5. The third kappa shape index (κ3) is 1.85. The first-order valence-electron chi connectivity index (χ1n) is 5.19. The van der Waals surface area contributed by atoms with Crippen molar-refractivity contribution in [2.75, 3.05) is 6.61 Å². The van der Waals surface area contributed by atoms with Gasteiger partial charge in [0.15, 0.2) is 0 Å². The van der Waals surface area contributed by atoms with E-state index in [1.807, 2.05) is 6.92 Å². The minimum absolute atomic E-state index is 0.198. The van der Waals surface area contributed by atoms with Gasteiger partial charge in [0.2, 0.25) is 5.91 Å². The monoisotopic (exact) mass is 183 g/mol. The van der Waals surface area contributed by atoms with Crippen LogP contribution < -0.4 is 5.32 Å². The van der Waals surface area contributed by atoms with E-state index >= 15 is 0 Å². The van der Waals surface area contributed by atoms with Crippen molar-refractivity contribution < 1.29 is 9.53 Å². The van der Waals surface area contributed by atoms with E-state index in [0.29, 0.717) is 5.92 Å². The van der Waals surface area contributed by atoms with E-state index in [1.165, 1.54) is 6.42 Å². The lowest BCUT2D eigenvalue weighted by Gasteiger charge is -2.26. The van der Waals surface area contributed by atoms with Gasteiger partial charge in [0.1, 0.15) is 0 Å². The Morgan fingerprint density at radius 3 is 2.62 bits per heavy atom. The Hall–Kier alpha value is -0.570. The van der Waals surface area contributed by atoms with Gasteiger partial charge >= 0.3 is 0 Å². The van der Waals surface area contributed by atoms with E-state index in [2.05, 4.69) is 5.32 Å². The second-order valence-electron chi connectivity index (χ2n) is 4.11. The van der Waals surface area contributed by atoms with Gasteiger partial charge in [-0.05, 0) is 26.2 Å². The van der Waals surface area contributed by atoms with Gasteiger partial charge in [0.25, 0.3) is 0 Å². The maximum Gasteiger partial charge on any atom is 0.223 e. The molecule has 1 aliphatic heterocycles. The van der Waals surface area contributed by atoms with E-state index in [1.54, 1.807) is 0 Å². The molecule has 0 spiro atoms. The molecule has 3 nitrogen and oxygen atoms in total. The second kappa shape index (κ2) is 3.66. The van der Waals surface area contributed by atoms with E-state index in [0.717, 1.165) is 25.9 Å². The van der Waals surface area contributed by atoms with Crippen LogP contribution in [-0.2, 0) is 9.53 Å². The number of hydrogen-bond donors (Lipinski definition) is 1. The molecule has 0 radical (unpaired) electrons. The first-order valence-corrected chi connectivity index (χ1v) is 5.19.